The Morgan fingerprint density at radius 3 is 2.40 bits per heavy atom. The van der Waals surface area contributed by atoms with E-state index in [-0.39, 0.29) is 44.8 Å². The number of rotatable bonds is 6. The second-order valence-corrected chi connectivity index (χ2v) is 33.7. The first kappa shape index (κ1) is 59.8. The number of carboxylic acid groups (broad SMARTS) is 1. The molecule has 14 bridgehead atoms. The highest BCUT2D eigenvalue weighted by Gasteiger charge is 2.77. The Morgan fingerprint density at radius 1 is 0.767 bits per heavy atom. The number of hydrogen-bond donors (Lipinski definition) is 5. The number of carboxylic acids is 1. The van der Waals surface area contributed by atoms with E-state index in [0.717, 1.165) is 95.0 Å². The van der Waals surface area contributed by atoms with Gasteiger partial charge in [-0.1, -0.05) is 179 Å². The minimum atomic E-state index is -0.722. The molecule has 0 aromatic heterocycles. The number of nitrogens with one attached hydrogen (secondary N) is 2. The van der Waals surface area contributed by atoms with Crippen molar-refractivity contribution in [2.45, 2.75) is 213 Å². The lowest BCUT2D eigenvalue weighted by molar-refractivity contribution is -0.167. The van der Waals surface area contributed by atoms with Crippen LogP contribution in [-0.2, 0) is 11.2 Å². The molecule has 3 aromatic rings. The van der Waals surface area contributed by atoms with Crippen molar-refractivity contribution in [2.75, 3.05) is 13.1 Å². The summed E-state index contributed by atoms with van der Waals surface area (Å²) in [6.07, 6.45) is 39.5. The predicted molar refractivity (Wildman–Crippen MR) is 365 cm³/mol. The molecule has 5 N–H and O–H groups in total. The molecule has 17 atom stereocenters. The zero-order valence-electron chi connectivity index (χ0n) is 55.2. The monoisotopic (exact) mass is 1210 g/mol. The van der Waals surface area contributed by atoms with Crippen molar-refractivity contribution in [3.8, 4) is 0 Å². The van der Waals surface area contributed by atoms with Crippen LogP contribution in [0.3, 0.4) is 0 Å². The van der Waals surface area contributed by atoms with Gasteiger partial charge in [0.1, 0.15) is 0 Å². The zero-order valence-corrected chi connectivity index (χ0v) is 55.2. The quantitative estimate of drug-likeness (QED) is 0.158. The molecular formula is C84H106N2O4. The molecule has 3 aromatic carbocycles. The molecular weight excluding hydrogens is 1100 g/mol. The molecule has 6 heterocycles. The summed E-state index contributed by atoms with van der Waals surface area (Å²) in [6.45, 7) is 16.6. The van der Waals surface area contributed by atoms with Crippen molar-refractivity contribution in [2.24, 2.45) is 91.7 Å². The molecule has 6 saturated carbocycles. The van der Waals surface area contributed by atoms with E-state index in [1.807, 2.05) is 0 Å². The van der Waals surface area contributed by atoms with Gasteiger partial charge < -0.3 is 26.0 Å². The van der Waals surface area contributed by atoms with Crippen molar-refractivity contribution >= 4 is 23.2 Å². The predicted octanol–water partition coefficient (Wildman–Crippen LogP) is 16.6. The van der Waals surface area contributed by atoms with Gasteiger partial charge in [-0.05, 0) is 256 Å². The van der Waals surface area contributed by atoms with Crippen molar-refractivity contribution in [3.63, 3.8) is 0 Å². The smallest absolute Gasteiger partial charge is 0.306 e. The fourth-order valence-electron chi connectivity index (χ4n) is 25.8. The summed E-state index contributed by atoms with van der Waals surface area (Å²) in [4.78, 5) is 14.8. The summed E-state index contributed by atoms with van der Waals surface area (Å²) < 4.78 is 0. The molecule has 476 valence electrons. The van der Waals surface area contributed by atoms with Gasteiger partial charge in [0.25, 0.3) is 0 Å². The zero-order chi connectivity index (χ0) is 61.5. The fraction of sp³-hybridized carbons (Fsp3) is 0.607. The minimum Gasteiger partial charge on any atom is -0.481 e. The van der Waals surface area contributed by atoms with E-state index in [0.29, 0.717) is 48.9 Å². The van der Waals surface area contributed by atoms with Crippen LogP contribution < -0.4 is 21.1 Å². The average Bonchev–Trinajstić information content (AvgIpc) is 0.940. The molecule has 6 heteroatoms. The number of dihydropyridines is 1. The van der Waals surface area contributed by atoms with E-state index in [4.69, 9.17) is 6.58 Å². The normalized spacial score (nSPS) is 41.3. The SMILES string of the molecule is C=C1CCC(C(=O)O)C2C(O)CC3(C4CCC5(CC6CCC(c7ccccc7)CC6C5)C4)C4=C(CCC23C)C23CCC(O)C5(C)CC=C(CC(C)C)C(C=C6C(=c7ccccc7=CC62)Cc2cccc(c2)C2=CC=C(NCCCC1C1CCCCC1)NC2)(C4)C53. The standard InChI is InChI=1S/C84H106N2O4/c1-52(2)40-63-31-35-79(4)74(88)34-38-83-70-33-36-80(5)76-67(77(89)90)29-25-53(3)65(56-19-10-7-11-20-56)24-15-39-85-75-30-28-61(51-86-75)57-22-14-16-54(41-57)42-68-66-23-13-12-21-59(66)44-71(83)69(68)48-82(63,78(79)83)49-72(70)84(80,50-73(76)87)64-32-37-81(47-64)45-60-27-26-58(43-62(60)46-81)55-17-8-6-9-18-55/h6,8-9,12-14,16-18,21-23,28,30-31,41,44,48,52,56,58,60,62,64-65,67,71,73-74,76,78,85-88H,3,7,10-11,15,19-20,24-27,29,32-40,42-43,45-47,49-51H2,1-2,4-5H3,(H,89,90). The van der Waals surface area contributed by atoms with Gasteiger partial charge in [-0.15, -0.1) is 0 Å². The van der Waals surface area contributed by atoms with Crippen molar-refractivity contribution in [1.29, 1.82) is 0 Å². The first-order valence-electron chi connectivity index (χ1n) is 36.8. The maximum absolute atomic E-state index is 14.8. The van der Waals surface area contributed by atoms with Crippen LogP contribution in [0.2, 0.25) is 0 Å². The van der Waals surface area contributed by atoms with Crippen LogP contribution in [0.4, 0.5) is 0 Å². The fourth-order valence-corrected chi connectivity index (χ4v) is 25.8. The molecule has 6 fully saturated rings. The first-order chi connectivity index (χ1) is 43.6. The number of aliphatic carboxylic acids is 1. The van der Waals surface area contributed by atoms with Crippen LogP contribution >= 0.6 is 0 Å². The minimum absolute atomic E-state index is 0.114. The van der Waals surface area contributed by atoms with E-state index in [9.17, 15) is 20.1 Å². The second kappa shape index (κ2) is 22.5. The van der Waals surface area contributed by atoms with Crippen LogP contribution in [0, 0.1) is 91.7 Å². The highest BCUT2D eigenvalue weighted by molar-refractivity contribution is 5.78. The van der Waals surface area contributed by atoms with E-state index in [2.05, 4.69) is 148 Å². The summed E-state index contributed by atoms with van der Waals surface area (Å²) in [5.74, 6) is 3.56. The molecule has 6 nitrogen and oxygen atoms in total. The van der Waals surface area contributed by atoms with Gasteiger partial charge in [0.2, 0.25) is 0 Å². The average molecular weight is 1210 g/mol. The third-order valence-corrected chi connectivity index (χ3v) is 29.2. The van der Waals surface area contributed by atoms with Crippen molar-refractivity contribution < 1.29 is 20.1 Å². The topological polar surface area (TPSA) is 102 Å². The summed E-state index contributed by atoms with van der Waals surface area (Å²) in [7, 11) is 0. The summed E-state index contributed by atoms with van der Waals surface area (Å²) >= 11 is 0. The lowest BCUT2D eigenvalue weighted by Crippen LogP contribution is -2.69. The van der Waals surface area contributed by atoms with Crippen LogP contribution in [-0.4, -0.2) is 46.6 Å². The van der Waals surface area contributed by atoms with E-state index < -0.39 is 29.5 Å². The molecule has 3 spiro atoms. The second-order valence-electron chi connectivity index (χ2n) is 33.7. The Morgan fingerprint density at radius 2 is 1.59 bits per heavy atom. The summed E-state index contributed by atoms with van der Waals surface area (Å²) in [5, 5.41) is 49.2. The Labute approximate surface area is 539 Å². The molecule has 20 rings (SSSR count). The number of aliphatic hydroxyl groups excluding tert-OH is 2. The number of hydrogen-bond acceptors (Lipinski definition) is 5. The maximum atomic E-state index is 14.8. The summed E-state index contributed by atoms with van der Waals surface area (Å²) in [5.41, 5.74) is 13.2. The largest absolute Gasteiger partial charge is 0.481 e. The molecule has 90 heavy (non-hydrogen) atoms. The molecule has 17 unspecified atom stereocenters. The third kappa shape index (κ3) is 9.18. The molecule has 17 aliphatic rings. The van der Waals surface area contributed by atoms with E-state index >= 15 is 0 Å². The molecule has 11 aliphatic carbocycles. The molecule has 0 amide bonds. The Bertz CT molecular complexity index is 3650. The summed E-state index contributed by atoms with van der Waals surface area (Å²) in [6, 6.07) is 30.3. The molecule has 0 radical (unpaired) electrons. The van der Waals surface area contributed by atoms with E-state index in [1.165, 1.54) is 133 Å². The maximum Gasteiger partial charge on any atom is 0.306 e. The highest BCUT2D eigenvalue weighted by Crippen LogP contribution is 2.84. The van der Waals surface area contributed by atoms with Crippen LogP contribution in [0.15, 0.2) is 143 Å². The number of benzene rings is 3. The van der Waals surface area contributed by atoms with Crippen molar-refractivity contribution in [1.82, 2.24) is 10.6 Å². The lowest BCUT2D eigenvalue weighted by atomic mass is 9.29. The van der Waals surface area contributed by atoms with Gasteiger partial charge in [-0.25, -0.2) is 0 Å². The van der Waals surface area contributed by atoms with Gasteiger partial charge in [0.15, 0.2) is 0 Å². The number of carbonyl (C=O) groups is 1. The molecule has 0 saturated heterocycles. The third-order valence-electron chi connectivity index (χ3n) is 29.2. The Balaban J connectivity index is 0.893. The number of fused-ring (bicyclic) bond motifs is 2. The van der Waals surface area contributed by atoms with Crippen LogP contribution in [0.25, 0.3) is 17.2 Å². The number of allylic oxidation sites excluding steroid dienone is 9. The molecule has 6 aliphatic heterocycles. The Hall–Kier alpha value is -5.17. The first-order valence-corrected chi connectivity index (χ1v) is 36.8. The Kier molecular flexibility index (Phi) is 15.0. The van der Waals surface area contributed by atoms with Gasteiger partial charge in [0.05, 0.1) is 23.9 Å². The van der Waals surface area contributed by atoms with Crippen LogP contribution in [0.5, 0.6) is 0 Å². The van der Waals surface area contributed by atoms with Crippen LogP contribution in [0.1, 0.15) is 211 Å². The van der Waals surface area contributed by atoms with Crippen molar-refractivity contribution in [3.05, 3.63) is 171 Å². The van der Waals surface area contributed by atoms with Gasteiger partial charge in [-0.3, -0.25) is 4.79 Å². The van der Waals surface area contributed by atoms with E-state index in [1.54, 1.807) is 16.7 Å². The highest BCUT2D eigenvalue weighted by atomic mass is 16.4. The number of aliphatic hydroxyl groups is 2. The lowest BCUT2D eigenvalue weighted by Gasteiger charge is -2.74. The van der Waals surface area contributed by atoms with Gasteiger partial charge >= 0.3 is 5.97 Å². The van der Waals surface area contributed by atoms with Gasteiger partial charge in [0, 0.05) is 46.6 Å². The van der Waals surface area contributed by atoms with Gasteiger partial charge in [-0.2, -0.15) is 0 Å².